The second kappa shape index (κ2) is 6.69. The molecule has 7 nitrogen and oxygen atoms in total. The van der Waals surface area contributed by atoms with Crippen LogP contribution in [0.5, 0.6) is 0 Å². The SMILES string of the molecule is CNc1ncnc(N2CCCC(C(C)C)CC2)c1[N+](=O)[O-]. The summed E-state index contributed by atoms with van der Waals surface area (Å²) < 4.78 is 0. The molecule has 2 heterocycles. The summed E-state index contributed by atoms with van der Waals surface area (Å²) in [4.78, 5) is 21.1. The molecule has 1 aliphatic rings. The molecule has 0 amide bonds. The molecule has 0 radical (unpaired) electrons. The van der Waals surface area contributed by atoms with Crippen LogP contribution in [-0.2, 0) is 0 Å². The topological polar surface area (TPSA) is 84.2 Å². The van der Waals surface area contributed by atoms with Crippen LogP contribution in [0, 0.1) is 22.0 Å². The van der Waals surface area contributed by atoms with E-state index in [0.29, 0.717) is 17.7 Å². The van der Waals surface area contributed by atoms with Crippen molar-refractivity contribution in [1.82, 2.24) is 9.97 Å². The third-order valence-electron chi connectivity index (χ3n) is 4.24. The summed E-state index contributed by atoms with van der Waals surface area (Å²) in [6, 6.07) is 0. The molecule has 2 rings (SSSR count). The van der Waals surface area contributed by atoms with Crippen molar-refractivity contribution in [1.29, 1.82) is 0 Å². The summed E-state index contributed by atoms with van der Waals surface area (Å²) in [5.74, 6) is 2.04. The van der Waals surface area contributed by atoms with Crippen LogP contribution in [0.3, 0.4) is 0 Å². The zero-order chi connectivity index (χ0) is 15.4. The summed E-state index contributed by atoms with van der Waals surface area (Å²) >= 11 is 0. The first kappa shape index (κ1) is 15.5. The predicted molar refractivity (Wildman–Crippen MR) is 82.6 cm³/mol. The monoisotopic (exact) mass is 293 g/mol. The molecule has 1 aliphatic heterocycles. The molecule has 7 heteroatoms. The van der Waals surface area contributed by atoms with E-state index in [9.17, 15) is 10.1 Å². The van der Waals surface area contributed by atoms with Crippen molar-refractivity contribution in [3.8, 4) is 0 Å². The average molecular weight is 293 g/mol. The Morgan fingerprint density at radius 2 is 2.14 bits per heavy atom. The smallest absolute Gasteiger partial charge is 0.353 e. The third kappa shape index (κ3) is 3.40. The van der Waals surface area contributed by atoms with E-state index in [2.05, 4.69) is 29.1 Å². The molecule has 1 unspecified atom stereocenters. The first-order valence-electron chi connectivity index (χ1n) is 7.46. The Morgan fingerprint density at radius 3 is 2.76 bits per heavy atom. The van der Waals surface area contributed by atoms with Gasteiger partial charge in [0.1, 0.15) is 6.33 Å². The van der Waals surface area contributed by atoms with Gasteiger partial charge in [-0.3, -0.25) is 10.1 Å². The molecule has 0 spiro atoms. The Hall–Kier alpha value is -1.92. The number of nitrogens with one attached hydrogen (secondary N) is 1. The van der Waals surface area contributed by atoms with E-state index < -0.39 is 4.92 Å². The maximum atomic E-state index is 11.4. The average Bonchev–Trinajstić information content (AvgIpc) is 2.72. The van der Waals surface area contributed by atoms with E-state index in [1.807, 2.05) is 4.90 Å². The Morgan fingerprint density at radius 1 is 1.38 bits per heavy atom. The highest BCUT2D eigenvalue weighted by atomic mass is 16.6. The summed E-state index contributed by atoms with van der Waals surface area (Å²) in [5, 5.41) is 14.1. The van der Waals surface area contributed by atoms with Crippen molar-refractivity contribution >= 4 is 17.3 Å². The Bertz CT molecular complexity index is 506. The highest BCUT2D eigenvalue weighted by Gasteiger charge is 2.28. The van der Waals surface area contributed by atoms with E-state index in [1.54, 1.807) is 7.05 Å². The van der Waals surface area contributed by atoms with Crippen LogP contribution in [0.25, 0.3) is 0 Å². The second-order valence-electron chi connectivity index (χ2n) is 5.82. The number of rotatable bonds is 4. The fraction of sp³-hybridized carbons (Fsp3) is 0.714. The van der Waals surface area contributed by atoms with Gasteiger partial charge in [0, 0.05) is 20.1 Å². The number of hydrogen-bond donors (Lipinski definition) is 1. The highest BCUT2D eigenvalue weighted by Crippen LogP contribution is 2.34. The molecule has 21 heavy (non-hydrogen) atoms. The molecule has 0 bridgehead atoms. The minimum absolute atomic E-state index is 0.0250. The summed E-state index contributed by atoms with van der Waals surface area (Å²) in [7, 11) is 1.64. The van der Waals surface area contributed by atoms with Gasteiger partial charge in [0.25, 0.3) is 0 Å². The van der Waals surface area contributed by atoms with Crippen molar-refractivity contribution < 1.29 is 4.92 Å². The molecule has 1 saturated heterocycles. The van der Waals surface area contributed by atoms with Crippen molar-refractivity contribution in [2.45, 2.75) is 33.1 Å². The van der Waals surface area contributed by atoms with Crippen LogP contribution in [0.4, 0.5) is 17.3 Å². The predicted octanol–water partition coefficient (Wildman–Crippen LogP) is 2.69. The normalized spacial score (nSPS) is 19.4. The third-order valence-corrected chi connectivity index (χ3v) is 4.24. The zero-order valence-electron chi connectivity index (χ0n) is 12.9. The van der Waals surface area contributed by atoms with Crippen LogP contribution in [0.1, 0.15) is 33.1 Å². The largest absolute Gasteiger partial charge is 0.367 e. The molecule has 1 aromatic rings. The molecular formula is C14H23N5O2. The summed E-state index contributed by atoms with van der Waals surface area (Å²) in [6.45, 7) is 6.10. The quantitative estimate of drug-likeness (QED) is 0.678. The Labute approximate surface area is 124 Å². The molecule has 1 atom stereocenters. The number of nitrogens with zero attached hydrogens (tertiary/aromatic N) is 4. The van der Waals surface area contributed by atoms with Crippen LogP contribution < -0.4 is 10.2 Å². The summed E-state index contributed by atoms with van der Waals surface area (Å²) in [6.07, 6.45) is 4.65. The molecule has 0 saturated carbocycles. The van der Waals surface area contributed by atoms with Gasteiger partial charge in [-0.15, -0.1) is 0 Å². The first-order valence-corrected chi connectivity index (χ1v) is 7.46. The summed E-state index contributed by atoms with van der Waals surface area (Å²) in [5.41, 5.74) is -0.0250. The lowest BCUT2D eigenvalue weighted by molar-refractivity contribution is -0.383. The number of hydrogen-bond acceptors (Lipinski definition) is 6. The van der Waals surface area contributed by atoms with Crippen molar-refractivity contribution in [3.63, 3.8) is 0 Å². The lowest BCUT2D eigenvalue weighted by Gasteiger charge is -2.22. The lowest BCUT2D eigenvalue weighted by Crippen LogP contribution is -2.26. The van der Waals surface area contributed by atoms with Gasteiger partial charge in [0.15, 0.2) is 0 Å². The van der Waals surface area contributed by atoms with Crippen LogP contribution >= 0.6 is 0 Å². The number of aromatic nitrogens is 2. The van der Waals surface area contributed by atoms with Crippen LogP contribution in [0.15, 0.2) is 6.33 Å². The van der Waals surface area contributed by atoms with E-state index in [-0.39, 0.29) is 11.5 Å². The van der Waals surface area contributed by atoms with Gasteiger partial charge in [-0.05, 0) is 31.1 Å². The molecule has 1 N–H and O–H groups in total. The number of nitro groups is 1. The van der Waals surface area contributed by atoms with Crippen LogP contribution in [0.2, 0.25) is 0 Å². The van der Waals surface area contributed by atoms with Crippen molar-refractivity contribution in [2.75, 3.05) is 30.4 Å². The van der Waals surface area contributed by atoms with Gasteiger partial charge in [0.05, 0.1) is 4.92 Å². The molecular weight excluding hydrogens is 270 g/mol. The molecule has 116 valence electrons. The van der Waals surface area contributed by atoms with E-state index in [0.717, 1.165) is 25.9 Å². The van der Waals surface area contributed by atoms with Gasteiger partial charge in [0.2, 0.25) is 11.6 Å². The van der Waals surface area contributed by atoms with Crippen molar-refractivity contribution in [3.05, 3.63) is 16.4 Å². The standard InChI is InChI=1S/C14H23N5O2/c1-10(2)11-5-4-7-18(8-6-11)14-12(19(20)21)13(15-3)16-9-17-14/h9-11H,4-8H2,1-3H3,(H,15,16,17). The first-order chi connectivity index (χ1) is 10.0. The Kier molecular flexibility index (Phi) is 4.93. The lowest BCUT2D eigenvalue weighted by atomic mass is 9.89. The van der Waals surface area contributed by atoms with Gasteiger partial charge < -0.3 is 10.2 Å². The fourth-order valence-electron chi connectivity index (χ4n) is 2.95. The minimum atomic E-state index is -0.397. The molecule has 1 fully saturated rings. The van der Waals surface area contributed by atoms with Gasteiger partial charge in [-0.2, -0.15) is 0 Å². The van der Waals surface area contributed by atoms with E-state index in [4.69, 9.17) is 0 Å². The van der Waals surface area contributed by atoms with E-state index >= 15 is 0 Å². The highest BCUT2D eigenvalue weighted by molar-refractivity contribution is 5.70. The second-order valence-corrected chi connectivity index (χ2v) is 5.82. The van der Waals surface area contributed by atoms with Gasteiger partial charge in [-0.1, -0.05) is 13.8 Å². The maximum Gasteiger partial charge on any atom is 0.353 e. The zero-order valence-corrected chi connectivity index (χ0v) is 12.9. The fourth-order valence-corrected chi connectivity index (χ4v) is 2.95. The molecule has 0 aromatic carbocycles. The number of anilines is 2. The van der Waals surface area contributed by atoms with Crippen molar-refractivity contribution in [2.24, 2.45) is 11.8 Å². The Balaban J connectivity index is 2.27. The molecule has 0 aliphatic carbocycles. The van der Waals surface area contributed by atoms with Crippen LogP contribution in [-0.4, -0.2) is 35.0 Å². The van der Waals surface area contributed by atoms with Gasteiger partial charge >= 0.3 is 5.69 Å². The van der Waals surface area contributed by atoms with Gasteiger partial charge in [-0.25, -0.2) is 9.97 Å². The molecule has 1 aromatic heterocycles. The minimum Gasteiger partial charge on any atom is -0.367 e. The van der Waals surface area contributed by atoms with E-state index in [1.165, 1.54) is 12.7 Å². The maximum absolute atomic E-state index is 11.4.